The Morgan fingerprint density at radius 3 is 2.70 bits per heavy atom. The Labute approximate surface area is 132 Å². The summed E-state index contributed by atoms with van der Waals surface area (Å²) in [6, 6.07) is 15.5. The third-order valence-corrected chi connectivity index (χ3v) is 3.47. The van der Waals surface area contributed by atoms with Crippen molar-refractivity contribution in [3.8, 4) is 11.3 Å². The molecule has 2 aromatic carbocycles. The molecule has 4 nitrogen and oxygen atoms in total. The minimum absolute atomic E-state index is 0.271. The molecule has 0 fully saturated rings. The van der Waals surface area contributed by atoms with Gasteiger partial charge in [-0.15, -0.1) is 0 Å². The maximum absolute atomic E-state index is 13.4. The molecule has 0 aliphatic rings. The Bertz CT molecular complexity index is 828. The van der Waals surface area contributed by atoms with Gasteiger partial charge in [0.25, 0.3) is 5.91 Å². The molecule has 1 N–H and O–H groups in total. The topological polar surface area (TPSA) is 55.1 Å². The van der Waals surface area contributed by atoms with E-state index in [1.807, 2.05) is 30.3 Å². The summed E-state index contributed by atoms with van der Waals surface area (Å²) in [6.45, 7) is 2.08. The maximum atomic E-state index is 13.4. The van der Waals surface area contributed by atoms with Crippen LogP contribution in [-0.2, 0) is 6.54 Å². The molecule has 1 aromatic heterocycles. The van der Waals surface area contributed by atoms with Crippen molar-refractivity contribution in [3.05, 3.63) is 77.2 Å². The summed E-state index contributed by atoms with van der Waals surface area (Å²) >= 11 is 0. The fourth-order valence-corrected chi connectivity index (χ4v) is 2.33. The first kappa shape index (κ1) is 15.0. The summed E-state index contributed by atoms with van der Waals surface area (Å²) in [5.74, 6) is -0.424. The molecule has 116 valence electrons. The van der Waals surface area contributed by atoms with Gasteiger partial charge < -0.3 is 9.84 Å². The quantitative estimate of drug-likeness (QED) is 0.799. The fraction of sp³-hybridized carbons (Fsp3) is 0.111. The van der Waals surface area contributed by atoms with Crippen LogP contribution >= 0.6 is 0 Å². The van der Waals surface area contributed by atoms with E-state index in [9.17, 15) is 9.18 Å². The Kier molecular flexibility index (Phi) is 4.19. The molecule has 0 aliphatic heterocycles. The van der Waals surface area contributed by atoms with Gasteiger partial charge in [-0.2, -0.15) is 0 Å². The molecule has 1 heterocycles. The second-order valence-electron chi connectivity index (χ2n) is 5.15. The first-order valence-electron chi connectivity index (χ1n) is 7.19. The highest BCUT2D eigenvalue weighted by molar-refractivity contribution is 6.00. The van der Waals surface area contributed by atoms with E-state index in [4.69, 9.17) is 4.52 Å². The average molecular weight is 310 g/mol. The molecule has 5 heteroatoms. The van der Waals surface area contributed by atoms with E-state index in [0.717, 1.165) is 5.56 Å². The molecule has 1 amide bonds. The molecule has 3 aromatic rings. The molecule has 3 rings (SSSR count). The van der Waals surface area contributed by atoms with Crippen molar-refractivity contribution in [2.75, 3.05) is 0 Å². The molecule has 0 unspecified atom stereocenters. The monoisotopic (exact) mass is 310 g/mol. The van der Waals surface area contributed by atoms with E-state index in [1.165, 1.54) is 12.1 Å². The highest BCUT2D eigenvalue weighted by atomic mass is 19.1. The van der Waals surface area contributed by atoms with Crippen LogP contribution in [-0.4, -0.2) is 11.1 Å². The van der Waals surface area contributed by atoms with Crippen LogP contribution in [0.15, 0.2) is 59.1 Å². The molecule has 23 heavy (non-hydrogen) atoms. The predicted octanol–water partition coefficient (Wildman–Crippen LogP) is 3.72. The molecule has 0 spiro atoms. The Balaban J connectivity index is 1.85. The lowest BCUT2D eigenvalue weighted by Crippen LogP contribution is -2.23. The Morgan fingerprint density at radius 2 is 1.96 bits per heavy atom. The number of hydrogen-bond acceptors (Lipinski definition) is 3. The van der Waals surface area contributed by atoms with Gasteiger partial charge >= 0.3 is 0 Å². The van der Waals surface area contributed by atoms with Crippen LogP contribution in [0.4, 0.5) is 4.39 Å². The zero-order valence-electron chi connectivity index (χ0n) is 12.5. The smallest absolute Gasteiger partial charge is 0.257 e. The van der Waals surface area contributed by atoms with Gasteiger partial charge in [0.1, 0.15) is 11.4 Å². The molecule has 0 saturated heterocycles. The van der Waals surface area contributed by atoms with Crippen LogP contribution < -0.4 is 5.32 Å². The standard InChI is InChI=1S/C18H15FN2O2/c1-12-16(18(22)20-11-13-6-3-2-4-7-13)17(23-21-12)14-8-5-9-15(19)10-14/h2-10H,11H2,1H3,(H,20,22). The zero-order valence-corrected chi connectivity index (χ0v) is 12.5. The second kappa shape index (κ2) is 6.44. The van der Waals surface area contributed by atoms with Crippen molar-refractivity contribution in [1.29, 1.82) is 0 Å². The number of amides is 1. The van der Waals surface area contributed by atoms with Gasteiger partial charge in [0.05, 0.1) is 5.69 Å². The number of hydrogen-bond donors (Lipinski definition) is 1. The SMILES string of the molecule is Cc1noc(-c2cccc(F)c2)c1C(=O)NCc1ccccc1. The second-order valence-corrected chi connectivity index (χ2v) is 5.15. The summed E-state index contributed by atoms with van der Waals surface area (Å²) in [7, 11) is 0. The van der Waals surface area contributed by atoms with E-state index in [1.54, 1.807) is 19.1 Å². The lowest BCUT2D eigenvalue weighted by molar-refractivity contribution is 0.0950. The largest absolute Gasteiger partial charge is 0.355 e. The zero-order chi connectivity index (χ0) is 16.2. The number of nitrogens with one attached hydrogen (secondary N) is 1. The average Bonchev–Trinajstić information content (AvgIpc) is 2.95. The minimum Gasteiger partial charge on any atom is -0.355 e. The van der Waals surface area contributed by atoms with Crippen molar-refractivity contribution < 1.29 is 13.7 Å². The first-order valence-corrected chi connectivity index (χ1v) is 7.19. The molecule has 0 aliphatic carbocycles. The van der Waals surface area contributed by atoms with Crippen LogP contribution in [0.2, 0.25) is 0 Å². The van der Waals surface area contributed by atoms with E-state index >= 15 is 0 Å². The third-order valence-electron chi connectivity index (χ3n) is 3.47. The van der Waals surface area contributed by atoms with Gasteiger partial charge in [-0.1, -0.05) is 47.6 Å². The van der Waals surface area contributed by atoms with E-state index in [2.05, 4.69) is 10.5 Å². The first-order chi connectivity index (χ1) is 11.1. The van der Waals surface area contributed by atoms with Crippen LogP contribution in [0, 0.1) is 12.7 Å². The molecule has 0 atom stereocenters. The summed E-state index contributed by atoms with van der Waals surface area (Å²) in [5, 5.41) is 6.67. The van der Waals surface area contributed by atoms with Gasteiger partial charge in [-0.05, 0) is 24.6 Å². The summed E-state index contributed by atoms with van der Waals surface area (Å²) in [4.78, 5) is 12.5. The van der Waals surface area contributed by atoms with Gasteiger partial charge in [0, 0.05) is 12.1 Å². The van der Waals surface area contributed by atoms with Gasteiger partial charge in [-0.3, -0.25) is 4.79 Å². The number of halogens is 1. The van der Waals surface area contributed by atoms with Crippen LogP contribution in [0.3, 0.4) is 0 Å². The Morgan fingerprint density at radius 1 is 1.17 bits per heavy atom. The normalized spacial score (nSPS) is 10.5. The van der Waals surface area contributed by atoms with Crippen molar-refractivity contribution in [1.82, 2.24) is 10.5 Å². The van der Waals surface area contributed by atoms with Crippen LogP contribution in [0.25, 0.3) is 11.3 Å². The molecule has 0 bridgehead atoms. The van der Waals surface area contributed by atoms with Gasteiger partial charge in [0.15, 0.2) is 5.76 Å². The number of benzene rings is 2. The van der Waals surface area contributed by atoms with Gasteiger partial charge in [-0.25, -0.2) is 4.39 Å². The van der Waals surface area contributed by atoms with E-state index < -0.39 is 5.82 Å². The van der Waals surface area contributed by atoms with E-state index in [-0.39, 0.29) is 11.7 Å². The Hall–Kier alpha value is -2.95. The molecule has 0 radical (unpaired) electrons. The maximum Gasteiger partial charge on any atom is 0.257 e. The number of carbonyl (C=O) groups excluding carboxylic acids is 1. The van der Waals surface area contributed by atoms with Crippen molar-refractivity contribution in [2.45, 2.75) is 13.5 Å². The van der Waals surface area contributed by atoms with E-state index in [0.29, 0.717) is 23.4 Å². The highest BCUT2D eigenvalue weighted by Gasteiger charge is 2.21. The fourth-order valence-electron chi connectivity index (χ4n) is 2.33. The van der Waals surface area contributed by atoms with Crippen molar-refractivity contribution >= 4 is 5.91 Å². The lowest BCUT2D eigenvalue weighted by Gasteiger charge is -2.06. The molecular formula is C18H15FN2O2. The van der Waals surface area contributed by atoms with Crippen molar-refractivity contribution in [3.63, 3.8) is 0 Å². The van der Waals surface area contributed by atoms with Crippen LogP contribution in [0.5, 0.6) is 0 Å². The number of aromatic nitrogens is 1. The summed E-state index contributed by atoms with van der Waals surface area (Å²) in [5.41, 5.74) is 2.26. The number of rotatable bonds is 4. The molecule has 0 saturated carbocycles. The van der Waals surface area contributed by atoms with Crippen molar-refractivity contribution in [2.24, 2.45) is 0 Å². The summed E-state index contributed by atoms with van der Waals surface area (Å²) in [6.07, 6.45) is 0. The number of aryl methyl sites for hydroxylation is 1. The minimum atomic E-state index is -0.396. The highest BCUT2D eigenvalue weighted by Crippen LogP contribution is 2.26. The molecular weight excluding hydrogens is 295 g/mol. The van der Waals surface area contributed by atoms with Crippen LogP contribution in [0.1, 0.15) is 21.6 Å². The number of carbonyl (C=O) groups is 1. The van der Waals surface area contributed by atoms with Gasteiger partial charge in [0.2, 0.25) is 0 Å². The predicted molar refractivity (Wildman–Crippen MR) is 84.2 cm³/mol. The summed E-state index contributed by atoms with van der Waals surface area (Å²) < 4.78 is 18.6. The third kappa shape index (κ3) is 3.29. The number of nitrogens with zero attached hydrogens (tertiary/aromatic N) is 1. The lowest BCUT2D eigenvalue weighted by atomic mass is 10.1.